The lowest BCUT2D eigenvalue weighted by atomic mass is 10.1. The van der Waals surface area contributed by atoms with E-state index in [4.69, 9.17) is 4.74 Å². The van der Waals surface area contributed by atoms with Crippen LogP contribution in [0.3, 0.4) is 0 Å². The van der Waals surface area contributed by atoms with Gasteiger partial charge in [-0.25, -0.2) is 13.9 Å². The van der Waals surface area contributed by atoms with Gasteiger partial charge in [-0.3, -0.25) is 19.2 Å². The maximum Gasteiger partial charge on any atom is 0.315 e. The Kier molecular flexibility index (Phi) is 6.18. The van der Waals surface area contributed by atoms with Crippen LogP contribution in [-0.2, 0) is 24.3 Å². The van der Waals surface area contributed by atoms with E-state index >= 15 is 0 Å². The van der Waals surface area contributed by atoms with Gasteiger partial charge in [-0.15, -0.1) is 0 Å². The molecule has 0 spiro atoms. The summed E-state index contributed by atoms with van der Waals surface area (Å²) >= 11 is 0. The van der Waals surface area contributed by atoms with E-state index in [1.165, 1.54) is 35.8 Å². The van der Waals surface area contributed by atoms with Gasteiger partial charge in [-0.1, -0.05) is 12.1 Å². The van der Waals surface area contributed by atoms with E-state index in [9.17, 15) is 23.6 Å². The lowest BCUT2D eigenvalue weighted by molar-refractivity contribution is -0.131. The summed E-state index contributed by atoms with van der Waals surface area (Å²) in [7, 11) is 0. The number of aromatic nitrogens is 3. The zero-order chi connectivity index (χ0) is 26.1. The van der Waals surface area contributed by atoms with Crippen molar-refractivity contribution in [2.75, 3.05) is 0 Å². The molecule has 0 radical (unpaired) electrons. The molecular formula is C26H20FN5O5. The monoisotopic (exact) mass is 501 g/mol. The van der Waals surface area contributed by atoms with Gasteiger partial charge in [0.15, 0.2) is 11.4 Å². The van der Waals surface area contributed by atoms with E-state index in [2.05, 4.69) is 20.7 Å². The molecule has 0 saturated heterocycles. The average Bonchev–Trinajstić information content (AvgIpc) is 3.50. The van der Waals surface area contributed by atoms with E-state index in [0.29, 0.717) is 17.0 Å². The number of Topliss-reactive ketones (excluding diaryl/α,β-unsaturated/α-hetero) is 1. The molecule has 10 nitrogen and oxygen atoms in total. The molecule has 2 aromatic carbocycles. The highest BCUT2D eigenvalue weighted by Gasteiger charge is 2.21. The van der Waals surface area contributed by atoms with Crippen LogP contribution in [0, 0.1) is 5.82 Å². The van der Waals surface area contributed by atoms with Gasteiger partial charge in [0.1, 0.15) is 23.0 Å². The highest BCUT2D eigenvalue weighted by atomic mass is 19.1. The van der Waals surface area contributed by atoms with Crippen LogP contribution in [-0.4, -0.2) is 38.2 Å². The number of hydrogen-bond donors (Lipinski definition) is 2. The first kappa shape index (κ1) is 23.8. The second kappa shape index (κ2) is 9.61. The van der Waals surface area contributed by atoms with Gasteiger partial charge >= 0.3 is 5.97 Å². The molecule has 1 aliphatic heterocycles. The number of amides is 2. The Morgan fingerprint density at radius 3 is 2.49 bits per heavy atom. The van der Waals surface area contributed by atoms with Crippen LogP contribution in [0.2, 0.25) is 0 Å². The molecule has 37 heavy (non-hydrogen) atoms. The van der Waals surface area contributed by atoms with Gasteiger partial charge in [0.2, 0.25) is 0 Å². The van der Waals surface area contributed by atoms with Crippen molar-refractivity contribution in [3.8, 4) is 5.75 Å². The molecule has 2 amide bonds. The number of benzene rings is 2. The Balaban J connectivity index is 1.30. The van der Waals surface area contributed by atoms with Crippen LogP contribution in [0.25, 0.3) is 5.65 Å². The molecule has 4 aromatic rings. The van der Waals surface area contributed by atoms with Gasteiger partial charge in [-0.2, -0.15) is 5.10 Å². The van der Waals surface area contributed by atoms with Gasteiger partial charge in [0.25, 0.3) is 11.8 Å². The number of halogens is 1. The number of nitrogens with one attached hydrogen (secondary N) is 2. The molecule has 0 atom stereocenters. The number of ketones is 1. The molecule has 3 heterocycles. The first-order chi connectivity index (χ1) is 17.8. The molecule has 0 bridgehead atoms. The lowest BCUT2D eigenvalue weighted by Crippen LogP contribution is -2.28. The fraction of sp³-hybridized carbons (Fsp3) is 0.154. The van der Waals surface area contributed by atoms with Crippen LogP contribution >= 0.6 is 0 Å². The summed E-state index contributed by atoms with van der Waals surface area (Å²) in [6.45, 7) is 1.44. The number of ether oxygens (including phenoxy) is 1. The van der Waals surface area contributed by atoms with E-state index in [1.54, 1.807) is 30.3 Å². The fourth-order valence-corrected chi connectivity index (χ4v) is 3.99. The predicted octanol–water partition coefficient (Wildman–Crippen LogP) is 2.39. The van der Waals surface area contributed by atoms with Crippen LogP contribution in [0.15, 0.2) is 54.7 Å². The van der Waals surface area contributed by atoms with Gasteiger partial charge < -0.3 is 15.4 Å². The van der Waals surface area contributed by atoms with E-state index in [0.717, 1.165) is 11.1 Å². The highest BCUT2D eigenvalue weighted by Crippen LogP contribution is 2.26. The lowest BCUT2D eigenvalue weighted by Gasteiger charge is -2.10. The first-order valence-corrected chi connectivity index (χ1v) is 11.3. The van der Waals surface area contributed by atoms with Crippen molar-refractivity contribution in [2.24, 2.45) is 0 Å². The average molecular weight is 501 g/mol. The number of fused-ring (bicyclic) bond motifs is 2. The molecule has 5 rings (SSSR count). The molecule has 2 aromatic heterocycles. The second-order valence-corrected chi connectivity index (χ2v) is 8.46. The molecule has 0 fully saturated rings. The third-order valence-corrected chi connectivity index (χ3v) is 5.83. The van der Waals surface area contributed by atoms with Gasteiger partial charge in [0, 0.05) is 30.8 Å². The predicted molar refractivity (Wildman–Crippen MR) is 128 cm³/mol. The van der Waals surface area contributed by atoms with Crippen molar-refractivity contribution in [1.29, 1.82) is 0 Å². The van der Waals surface area contributed by atoms with Crippen molar-refractivity contribution in [2.45, 2.75) is 26.4 Å². The summed E-state index contributed by atoms with van der Waals surface area (Å²) in [6.07, 6.45) is 1.63. The number of esters is 1. The van der Waals surface area contributed by atoms with E-state index in [1.807, 2.05) is 0 Å². The molecule has 1 aliphatic rings. The fourth-order valence-electron chi connectivity index (χ4n) is 3.99. The minimum Gasteiger partial charge on any atom is -0.426 e. The van der Waals surface area contributed by atoms with E-state index < -0.39 is 23.4 Å². The Bertz CT molecular complexity index is 1600. The normalized spacial score (nSPS) is 12.2. The number of rotatable bonds is 7. The molecule has 0 unspecified atom stereocenters. The molecule has 11 heteroatoms. The summed E-state index contributed by atoms with van der Waals surface area (Å²) in [6, 6.07) is 12.2. The number of carbonyl (C=O) groups excluding carboxylic acids is 4. The maximum absolute atomic E-state index is 14.1. The Morgan fingerprint density at radius 2 is 1.73 bits per heavy atom. The Morgan fingerprint density at radius 1 is 1.00 bits per heavy atom. The summed E-state index contributed by atoms with van der Waals surface area (Å²) in [5.74, 6) is -1.92. The number of hydrogen-bond acceptors (Lipinski definition) is 7. The quantitative estimate of drug-likeness (QED) is 0.226. The third kappa shape index (κ3) is 4.92. The molecule has 0 aliphatic carbocycles. The standard InChI is InChI=1S/C26H20FN5O5/c1-14(33)18-4-2-16(9-19(18)27)13-29-26(36)21-11-20(31-23-6-7-30-32(21)23)25(35)28-12-15-3-5-22-17(8-15)10-24(34)37-22/h2-9,11H,10,12-13H2,1H3,(H,28,35)(H,29,36). The first-order valence-electron chi connectivity index (χ1n) is 11.3. The topological polar surface area (TPSA) is 132 Å². The van der Waals surface area contributed by atoms with Crippen LogP contribution in [0.1, 0.15) is 54.9 Å². The summed E-state index contributed by atoms with van der Waals surface area (Å²) < 4.78 is 20.5. The summed E-state index contributed by atoms with van der Waals surface area (Å²) in [5.41, 5.74) is 2.33. The van der Waals surface area contributed by atoms with Crippen LogP contribution in [0.4, 0.5) is 4.39 Å². The van der Waals surface area contributed by atoms with Crippen molar-refractivity contribution >= 4 is 29.2 Å². The molecule has 0 saturated carbocycles. The Hall–Kier alpha value is -4.93. The number of nitrogens with zero attached hydrogens (tertiary/aromatic N) is 3. The zero-order valence-electron chi connectivity index (χ0n) is 19.6. The molecule has 186 valence electrons. The van der Waals surface area contributed by atoms with E-state index in [-0.39, 0.29) is 42.4 Å². The largest absolute Gasteiger partial charge is 0.426 e. The zero-order valence-corrected chi connectivity index (χ0v) is 19.6. The summed E-state index contributed by atoms with van der Waals surface area (Å²) in [4.78, 5) is 53.0. The number of carbonyl (C=O) groups is 4. The SMILES string of the molecule is CC(=O)c1ccc(CNC(=O)c2cc(C(=O)NCc3ccc4c(c3)CC(=O)O4)nc3ccnn23)cc1F. The van der Waals surface area contributed by atoms with Crippen molar-refractivity contribution in [3.63, 3.8) is 0 Å². The van der Waals surface area contributed by atoms with Crippen LogP contribution < -0.4 is 15.4 Å². The van der Waals surface area contributed by atoms with Gasteiger partial charge in [-0.05, 0) is 42.3 Å². The molecular weight excluding hydrogens is 481 g/mol. The highest BCUT2D eigenvalue weighted by molar-refractivity contribution is 5.98. The maximum atomic E-state index is 14.1. The third-order valence-electron chi connectivity index (χ3n) is 5.83. The Labute approximate surface area is 209 Å². The minimum atomic E-state index is -0.668. The second-order valence-electron chi connectivity index (χ2n) is 8.46. The minimum absolute atomic E-state index is 0.00883. The smallest absolute Gasteiger partial charge is 0.315 e. The van der Waals surface area contributed by atoms with Crippen molar-refractivity contribution in [1.82, 2.24) is 25.2 Å². The summed E-state index contributed by atoms with van der Waals surface area (Å²) in [5, 5.41) is 9.53. The molecule has 2 N–H and O–H groups in total. The van der Waals surface area contributed by atoms with Crippen molar-refractivity contribution < 1.29 is 28.3 Å². The van der Waals surface area contributed by atoms with Crippen molar-refractivity contribution in [3.05, 3.63) is 94.2 Å². The van der Waals surface area contributed by atoms with Crippen LogP contribution in [0.5, 0.6) is 5.75 Å². The van der Waals surface area contributed by atoms with Gasteiger partial charge in [0.05, 0.1) is 18.2 Å².